The lowest BCUT2D eigenvalue weighted by atomic mass is 9.80. The molecule has 0 bridgehead atoms. The van der Waals surface area contributed by atoms with Crippen molar-refractivity contribution in [2.45, 2.75) is 83.2 Å². The molecule has 3 fully saturated rings. The summed E-state index contributed by atoms with van der Waals surface area (Å²) in [4.78, 5) is 12.9. The molecule has 0 aromatic heterocycles. The Hall–Kier alpha value is -4.71. The summed E-state index contributed by atoms with van der Waals surface area (Å²) in [7, 11) is 0. The van der Waals surface area contributed by atoms with Crippen molar-refractivity contribution in [1.82, 2.24) is 0 Å². The van der Waals surface area contributed by atoms with Crippen LogP contribution < -0.4 is 0 Å². The van der Waals surface area contributed by atoms with Gasteiger partial charge in [0.05, 0.1) is 64.9 Å². The van der Waals surface area contributed by atoms with E-state index >= 15 is 0 Å². The maximum absolute atomic E-state index is 12.9. The Morgan fingerprint density at radius 3 is 1.45 bits per heavy atom. The first-order chi connectivity index (χ1) is 29.6. The van der Waals surface area contributed by atoms with E-state index < -0.39 is 30.7 Å². The molecule has 0 unspecified atom stereocenters. The lowest BCUT2D eigenvalue weighted by Crippen LogP contribution is -2.62. The Balaban J connectivity index is 1.11. The largest absolute Gasteiger partial charge is 0.465 e. The fraction of sp³-hybridized carbons (Fsp3) is 0.392. The van der Waals surface area contributed by atoms with E-state index in [2.05, 4.69) is 36.4 Å². The fourth-order valence-corrected chi connectivity index (χ4v) is 8.82. The summed E-state index contributed by atoms with van der Waals surface area (Å²) in [5, 5.41) is 0. The second-order valence-corrected chi connectivity index (χ2v) is 16.1. The Morgan fingerprint density at radius 1 is 0.517 bits per heavy atom. The maximum Gasteiger partial charge on any atom is 0.308 e. The first-order valence-corrected chi connectivity index (χ1v) is 21.3. The molecule has 2 aliphatic heterocycles. The van der Waals surface area contributed by atoms with Crippen molar-refractivity contribution in [3.8, 4) is 0 Å². The van der Waals surface area contributed by atoms with Crippen molar-refractivity contribution in [2.75, 3.05) is 19.8 Å². The van der Waals surface area contributed by atoms with Crippen LogP contribution in [0.25, 0.3) is 0 Å². The molecule has 10 atom stereocenters. The van der Waals surface area contributed by atoms with E-state index in [1.807, 2.05) is 122 Å². The van der Waals surface area contributed by atoms with Gasteiger partial charge < -0.3 is 37.9 Å². The first-order valence-electron chi connectivity index (χ1n) is 21.3. The van der Waals surface area contributed by atoms with Gasteiger partial charge in [-0.15, -0.1) is 0 Å². The molecule has 9 heteroatoms. The molecule has 0 spiro atoms. The van der Waals surface area contributed by atoms with E-state index in [1.165, 1.54) is 0 Å². The molecule has 5 aromatic rings. The highest BCUT2D eigenvalue weighted by molar-refractivity contribution is 5.73. The number of fused-ring (bicyclic) bond motifs is 1. The van der Waals surface area contributed by atoms with Crippen molar-refractivity contribution < 1.29 is 42.7 Å². The van der Waals surface area contributed by atoms with Crippen LogP contribution >= 0.6 is 0 Å². The van der Waals surface area contributed by atoms with Crippen LogP contribution in [0.1, 0.15) is 41.2 Å². The van der Waals surface area contributed by atoms with E-state index in [-0.39, 0.29) is 42.4 Å². The molecule has 314 valence electrons. The van der Waals surface area contributed by atoms with Crippen LogP contribution in [0.3, 0.4) is 0 Å². The van der Waals surface area contributed by atoms with Gasteiger partial charge in [0, 0.05) is 11.8 Å². The highest BCUT2D eigenvalue weighted by atomic mass is 16.7. The third-order valence-electron chi connectivity index (χ3n) is 12.1. The van der Waals surface area contributed by atoms with Crippen molar-refractivity contribution in [1.29, 1.82) is 0 Å². The number of cyclic esters (lactones) is 1. The molecule has 1 aliphatic carbocycles. The molecule has 0 N–H and O–H groups in total. The molecule has 8 rings (SSSR count). The van der Waals surface area contributed by atoms with Gasteiger partial charge in [-0.2, -0.15) is 0 Å². The second-order valence-electron chi connectivity index (χ2n) is 16.1. The molecule has 9 nitrogen and oxygen atoms in total. The number of hydrogen-bond acceptors (Lipinski definition) is 9. The van der Waals surface area contributed by atoms with Gasteiger partial charge >= 0.3 is 5.97 Å². The smallest absolute Gasteiger partial charge is 0.308 e. The van der Waals surface area contributed by atoms with Crippen molar-refractivity contribution in [3.63, 3.8) is 0 Å². The Bertz CT molecular complexity index is 2000. The Labute approximate surface area is 353 Å². The van der Waals surface area contributed by atoms with Crippen LogP contribution in [-0.4, -0.2) is 62.6 Å². The SMILES string of the molecule is C[C@H]1C(=O)OC[C@@H]2[C@@H](COCc3ccccc3)[C@@H](O[C@@H]3O[C@H](COCc4ccccc4)[C@@H](OCc4ccccc4)[C@H](OCc4ccccc4)[C@H]3OCc3ccccc3)C[C@@H]21. The molecule has 2 heterocycles. The summed E-state index contributed by atoms with van der Waals surface area (Å²) < 4.78 is 53.7. The van der Waals surface area contributed by atoms with E-state index in [0.717, 1.165) is 27.8 Å². The van der Waals surface area contributed by atoms with Gasteiger partial charge in [0.15, 0.2) is 6.29 Å². The van der Waals surface area contributed by atoms with Gasteiger partial charge in [-0.3, -0.25) is 4.79 Å². The van der Waals surface area contributed by atoms with Crippen molar-refractivity contribution >= 4 is 5.97 Å². The lowest BCUT2D eigenvalue weighted by Gasteiger charge is -2.46. The van der Waals surface area contributed by atoms with Gasteiger partial charge in [0.1, 0.15) is 24.4 Å². The number of benzene rings is 5. The minimum atomic E-state index is -0.870. The molecular formula is C51H56O9. The van der Waals surface area contributed by atoms with Crippen LogP contribution in [0.5, 0.6) is 0 Å². The average molecular weight is 813 g/mol. The van der Waals surface area contributed by atoms with Crippen LogP contribution in [0.4, 0.5) is 0 Å². The van der Waals surface area contributed by atoms with Gasteiger partial charge in [0.2, 0.25) is 0 Å². The predicted molar refractivity (Wildman–Crippen MR) is 226 cm³/mol. The van der Waals surface area contributed by atoms with E-state index in [9.17, 15) is 4.79 Å². The number of rotatable bonds is 19. The first kappa shape index (κ1) is 42.0. The molecule has 5 aromatic carbocycles. The van der Waals surface area contributed by atoms with Gasteiger partial charge in [0.25, 0.3) is 0 Å². The molecule has 60 heavy (non-hydrogen) atoms. The molecule has 0 radical (unpaired) electrons. The number of carbonyl (C=O) groups is 1. The normalized spacial score (nSPS) is 27.6. The average Bonchev–Trinajstić information content (AvgIpc) is 3.64. The number of esters is 1. The lowest BCUT2D eigenvalue weighted by molar-refractivity contribution is -0.339. The summed E-state index contributed by atoms with van der Waals surface area (Å²) in [5.41, 5.74) is 5.21. The minimum absolute atomic E-state index is 0.0591. The zero-order chi connectivity index (χ0) is 40.9. The highest BCUT2D eigenvalue weighted by Gasteiger charge is 2.55. The van der Waals surface area contributed by atoms with Crippen LogP contribution in [0.2, 0.25) is 0 Å². The van der Waals surface area contributed by atoms with E-state index in [4.69, 9.17) is 37.9 Å². The number of hydrogen-bond donors (Lipinski definition) is 0. The second kappa shape index (κ2) is 21.2. The molecule has 2 saturated heterocycles. The molecule has 3 aliphatic rings. The zero-order valence-electron chi connectivity index (χ0n) is 34.2. The minimum Gasteiger partial charge on any atom is -0.465 e. The monoisotopic (exact) mass is 812 g/mol. The third-order valence-corrected chi connectivity index (χ3v) is 12.1. The zero-order valence-corrected chi connectivity index (χ0v) is 34.2. The fourth-order valence-electron chi connectivity index (χ4n) is 8.82. The van der Waals surface area contributed by atoms with Crippen LogP contribution in [-0.2, 0) is 75.7 Å². The standard InChI is InChI=1S/C51H56O9/c1-36-42-27-45(44(43(42)34-58-50(36)52)33-53-28-37-17-7-2-8-18-37)59-51-49(57-32-41-25-15-6-16-26-41)48(56-31-40-23-13-5-14-24-40)47(55-30-39-21-11-4-12-22-39)46(60-51)35-54-29-38-19-9-3-10-20-38/h2-26,36,42-49,51H,27-35H2,1H3/t36-,42-,43+,44-,45+,46-,47-,48+,49-,51-/m1/s1. The van der Waals surface area contributed by atoms with Crippen LogP contribution in [0, 0.1) is 23.7 Å². The summed E-state index contributed by atoms with van der Waals surface area (Å²) in [6, 6.07) is 50.6. The van der Waals surface area contributed by atoms with Gasteiger partial charge in [-0.1, -0.05) is 159 Å². The highest BCUT2D eigenvalue weighted by Crippen LogP contribution is 2.47. The number of ether oxygens (including phenoxy) is 8. The third kappa shape index (κ3) is 11.0. The quantitative estimate of drug-likeness (QED) is 0.0760. The maximum atomic E-state index is 12.9. The Morgan fingerprint density at radius 2 is 0.950 bits per heavy atom. The summed E-state index contributed by atoms with van der Waals surface area (Å²) in [6.07, 6.45) is -3.03. The van der Waals surface area contributed by atoms with Gasteiger partial charge in [-0.05, 0) is 40.2 Å². The molecular weight excluding hydrogens is 757 g/mol. The van der Waals surface area contributed by atoms with Crippen molar-refractivity contribution in [3.05, 3.63) is 179 Å². The summed E-state index contributed by atoms with van der Waals surface area (Å²) in [5.74, 6) is -0.338. The Kier molecular flexibility index (Phi) is 14.8. The summed E-state index contributed by atoms with van der Waals surface area (Å²) >= 11 is 0. The predicted octanol–water partition coefficient (Wildman–Crippen LogP) is 8.73. The van der Waals surface area contributed by atoms with Crippen LogP contribution in [0.15, 0.2) is 152 Å². The number of carbonyl (C=O) groups excluding carboxylic acids is 1. The van der Waals surface area contributed by atoms with Gasteiger partial charge in [-0.25, -0.2) is 0 Å². The molecule has 0 amide bonds. The van der Waals surface area contributed by atoms with E-state index in [1.54, 1.807) is 0 Å². The summed E-state index contributed by atoms with van der Waals surface area (Å²) in [6.45, 7) is 4.81. The molecule has 1 saturated carbocycles. The topological polar surface area (TPSA) is 90.9 Å². The van der Waals surface area contributed by atoms with E-state index in [0.29, 0.717) is 52.7 Å². The van der Waals surface area contributed by atoms with Crippen molar-refractivity contribution in [2.24, 2.45) is 23.7 Å².